The van der Waals surface area contributed by atoms with Crippen LogP contribution in [0.1, 0.15) is 56.0 Å². The second-order valence-electron chi connectivity index (χ2n) is 11.4. The number of thiazole rings is 1. The van der Waals surface area contributed by atoms with Crippen LogP contribution < -0.4 is 33.8 Å². The lowest BCUT2D eigenvalue weighted by Crippen LogP contribution is -2.40. The van der Waals surface area contributed by atoms with E-state index < -0.39 is 12.0 Å². The highest BCUT2D eigenvalue weighted by atomic mass is 32.1. The zero-order valence-corrected chi connectivity index (χ0v) is 28.9. The Bertz CT molecular complexity index is 2030. The van der Waals surface area contributed by atoms with E-state index in [2.05, 4.69) is 6.58 Å². The van der Waals surface area contributed by atoms with Gasteiger partial charge in [0.05, 0.1) is 48.8 Å². The van der Waals surface area contributed by atoms with Crippen LogP contribution in [0, 0.1) is 0 Å². The number of hydrogen-bond donors (Lipinski definition) is 0. The molecule has 3 aromatic carbocycles. The van der Waals surface area contributed by atoms with Crippen molar-refractivity contribution >= 4 is 23.4 Å². The Balaban J connectivity index is 1.64. The Hall–Kier alpha value is -5.09. The van der Waals surface area contributed by atoms with Crippen LogP contribution in [0.15, 0.2) is 94.4 Å². The zero-order valence-electron chi connectivity index (χ0n) is 28.1. The minimum absolute atomic E-state index is 0.0743. The third-order valence-corrected chi connectivity index (χ3v) is 8.63. The maximum absolute atomic E-state index is 14.3. The summed E-state index contributed by atoms with van der Waals surface area (Å²) < 4.78 is 31.0. The number of fused-ring (bicyclic) bond motifs is 1. The van der Waals surface area contributed by atoms with Gasteiger partial charge in [-0.25, -0.2) is 9.79 Å². The van der Waals surface area contributed by atoms with Crippen molar-refractivity contribution in [1.82, 2.24) is 4.57 Å². The van der Waals surface area contributed by atoms with Crippen LogP contribution >= 0.6 is 11.3 Å². The van der Waals surface area contributed by atoms with E-state index in [1.54, 1.807) is 56.9 Å². The fourth-order valence-electron chi connectivity index (χ4n) is 5.58. The molecule has 0 spiro atoms. The minimum Gasteiger partial charge on any atom is -0.493 e. The quantitative estimate of drug-likeness (QED) is 0.129. The first-order valence-electron chi connectivity index (χ1n) is 15.7. The summed E-state index contributed by atoms with van der Waals surface area (Å²) in [5, 5.41) is 0. The van der Waals surface area contributed by atoms with Gasteiger partial charge in [0.2, 0.25) is 0 Å². The first-order chi connectivity index (χ1) is 23.2. The highest BCUT2D eigenvalue weighted by molar-refractivity contribution is 7.07. The van der Waals surface area contributed by atoms with Gasteiger partial charge in [0.1, 0.15) is 6.61 Å². The maximum Gasteiger partial charge on any atom is 0.338 e. The molecule has 0 aliphatic carbocycles. The van der Waals surface area contributed by atoms with E-state index >= 15 is 0 Å². The molecular formula is C38H40N2O7S. The Morgan fingerprint density at radius 2 is 1.79 bits per heavy atom. The molecule has 1 aromatic heterocycles. The number of nitrogens with zero attached hydrogens (tertiary/aromatic N) is 2. The molecule has 2 heterocycles. The summed E-state index contributed by atoms with van der Waals surface area (Å²) in [5.41, 5.74) is 3.76. The fourth-order valence-corrected chi connectivity index (χ4v) is 6.63. The van der Waals surface area contributed by atoms with Crippen LogP contribution in [0.3, 0.4) is 0 Å². The van der Waals surface area contributed by atoms with Gasteiger partial charge in [0.15, 0.2) is 27.8 Å². The smallest absolute Gasteiger partial charge is 0.338 e. The number of rotatable bonds is 13. The predicted octanol–water partition coefficient (Wildman–Crippen LogP) is 5.91. The summed E-state index contributed by atoms with van der Waals surface area (Å²) in [6.45, 7) is 11.8. The van der Waals surface area contributed by atoms with E-state index in [4.69, 9.17) is 28.7 Å². The molecule has 4 aromatic rings. The molecule has 0 fully saturated rings. The van der Waals surface area contributed by atoms with Gasteiger partial charge in [-0.05, 0) is 81.1 Å². The van der Waals surface area contributed by atoms with Gasteiger partial charge in [-0.1, -0.05) is 53.8 Å². The van der Waals surface area contributed by atoms with Crippen molar-refractivity contribution in [3.63, 3.8) is 0 Å². The first kappa shape index (κ1) is 34.3. The number of carbonyl (C=O) groups is 1. The number of carbonyl (C=O) groups excluding carboxylic acids is 1. The average Bonchev–Trinajstić information content (AvgIpc) is 3.37. The lowest BCUT2D eigenvalue weighted by Gasteiger charge is -2.25. The largest absolute Gasteiger partial charge is 0.493 e. The first-order valence-corrected chi connectivity index (χ1v) is 16.5. The van der Waals surface area contributed by atoms with Crippen molar-refractivity contribution < 1.29 is 28.5 Å². The van der Waals surface area contributed by atoms with Gasteiger partial charge in [-0.2, -0.15) is 0 Å². The van der Waals surface area contributed by atoms with E-state index in [1.165, 1.54) is 11.3 Å². The molecule has 10 heteroatoms. The number of allylic oxidation sites excluding steroid dienone is 2. The van der Waals surface area contributed by atoms with Crippen molar-refractivity contribution in [2.24, 2.45) is 4.99 Å². The van der Waals surface area contributed by atoms with Crippen LogP contribution in [-0.4, -0.2) is 37.5 Å². The van der Waals surface area contributed by atoms with E-state index in [0.717, 1.165) is 16.7 Å². The number of ether oxygens (including phenoxy) is 5. The van der Waals surface area contributed by atoms with Crippen molar-refractivity contribution in [2.75, 3.05) is 20.8 Å². The zero-order chi connectivity index (χ0) is 34.4. The number of methoxy groups -OCH3 is 2. The summed E-state index contributed by atoms with van der Waals surface area (Å²) in [7, 11) is 3.14. The van der Waals surface area contributed by atoms with Crippen LogP contribution in [-0.2, 0) is 22.6 Å². The number of esters is 1. The van der Waals surface area contributed by atoms with Crippen molar-refractivity contribution in [3.05, 3.63) is 127 Å². The van der Waals surface area contributed by atoms with E-state index in [-0.39, 0.29) is 23.8 Å². The summed E-state index contributed by atoms with van der Waals surface area (Å²) in [6, 6.07) is 18.3. The normalized spacial score (nSPS) is 14.3. The van der Waals surface area contributed by atoms with Crippen LogP contribution in [0.4, 0.5) is 0 Å². The van der Waals surface area contributed by atoms with E-state index in [1.807, 2.05) is 62.4 Å². The van der Waals surface area contributed by atoms with Gasteiger partial charge < -0.3 is 23.7 Å². The number of hydrogen-bond acceptors (Lipinski definition) is 9. The molecule has 0 bridgehead atoms. The van der Waals surface area contributed by atoms with Crippen molar-refractivity contribution in [2.45, 2.75) is 52.9 Å². The molecule has 5 rings (SSSR count). The lowest BCUT2D eigenvalue weighted by molar-refractivity contribution is -0.139. The van der Waals surface area contributed by atoms with Crippen LogP contribution in [0.2, 0.25) is 0 Å². The highest BCUT2D eigenvalue weighted by Crippen LogP contribution is 2.37. The molecular weight excluding hydrogens is 628 g/mol. The third kappa shape index (κ3) is 7.23. The average molecular weight is 669 g/mol. The molecule has 9 nitrogen and oxygen atoms in total. The molecule has 1 aliphatic heterocycles. The molecule has 48 heavy (non-hydrogen) atoms. The van der Waals surface area contributed by atoms with Gasteiger partial charge in [-0.15, -0.1) is 6.58 Å². The molecule has 0 saturated carbocycles. The molecule has 0 N–H and O–H groups in total. The van der Waals surface area contributed by atoms with E-state index in [9.17, 15) is 9.59 Å². The van der Waals surface area contributed by atoms with Crippen LogP contribution in [0.5, 0.6) is 23.0 Å². The Morgan fingerprint density at radius 1 is 1.04 bits per heavy atom. The number of aromatic nitrogens is 1. The number of benzene rings is 3. The summed E-state index contributed by atoms with van der Waals surface area (Å²) in [5.74, 6) is 1.66. The van der Waals surface area contributed by atoms with Crippen molar-refractivity contribution in [1.29, 1.82) is 0 Å². The Morgan fingerprint density at radius 3 is 2.46 bits per heavy atom. The Labute approximate surface area is 284 Å². The van der Waals surface area contributed by atoms with Crippen molar-refractivity contribution in [3.8, 4) is 23.0 Å². The predicted molar refractivity (Wildman–Crippen MR) is 187 cm³/mol. The SMILES string of the molecule is C=CCc1cc(/C=c2\sc3n(c2=O)[C@H](c2ccc(OC(C)C)c(OC)c2)C(C(=O)OCC)=C(C)N=3)cc(OC)c1OCc1ccccc1. The van der Waals surface area contributed by atoms with Crippen LogP contribution in [0.25, 0.3) is 6.08 Å². The summed E-state index contributed by atoms with van der Waals surface area (Å²) in [6.07, 6.45) is 4.06. The topological polar surface area (TPSA) is 97.6 Å². The van der Waals surface area contributed by atoms with Gasteiger partial charge >= 0.3 is 5.97 Å². The molecule has 1 atom stereocenters. The minimum atomic E-state index is -0.802. The summed E-state index contributed by atoms with van der Waals surface area (Å²) in [4.78, 5) is 32.8. The second-order valence-corrected chi connectivity index (χ2v) is 12.4. The maximum atomic E-state index is 14.3. The Kier molecular flexibility index (Phi) is 10.9. The molecule has 250 valence electrons. The summed E-state index contributed by atoms with van der Waals surface area (Å²) >= 11 is 1.25. The standard InChI is InChI=1S/C38H40N2O7S/c1-8-13-28-18-26(19-31(44-7)35(28)46-22-25-14-11-10-12-15-25)20-32-36(41)40-34(27-16-17-29(47-23(3)4)30(21-27)43-6)33(37(42)45-9-2)24(5)39-38(40)48-32/h8,10-12,14-21,23,34H,1,9,13,22H2,2-7H3/b32-20-/t34-/m1/s1. The monoisotopic (exact) mass is 668 g/mol. The third-order valence-electron chi connectivity index (χ3n) is 7.65. The molecule has 0 unspecified atom stereocenters. The molecule has 0 saturated heterocycles. The fraction of sp³-hybridized carbons (Fsp3) is 0.289. The lowest BCUT2D eigenvalue weighted by atomic mass is 9.95. The van der Waals surface area contributed by atoms with Gasteiger partial charge in [0.25, 0.3) is 5.56 Å². The highest BCUT2D eigenvalue weighted by Gasteiger charge is 2.34. The second kappa shape index (κ2) is 15.2. The van der Waals surface area contributed by atoms with Gasteiger partial charge in [0, 0.05) is 5.56 Å². The van der Waals surface area contributed by atoms with E-state index in [0.29, 0.717) is 56.6 Å². The molecule has 0 radical (unpaired) electrons. The van der Waals surface area contributed by atoms with Gasteiger partial charge in [-0.3, -0.25) is 9.36 Å². The molecule has 1 aliphatic rings. The molecule has 0 amide bonds.